The largest absolute Gasteiger partial charge is 0.441 e. The van der Waals surface area contributed by atoms with Gasteiger partial charge in [0.25, 0.3) is 5.91 Å². The summed E-state index contributed by atoms with van der Waals surface area (Å²) in [6.45, 7) is 3.76. The zero-order chi connectivity index (χ0) is 18.8. The van der Waals surface area contributed by atoms with Crippen molar-refractivity contribution < 1.29 is 14.0 Å². The molecule has 0 atom stereocenters. The van der Waals surface area contributed by atoms with Crippen LogP contribution < -0.4 is 5.32 Å². The predicted octanol–water partition coefficient (Wildman–Crippen LogP) is 3.13. The number of carbonyl (C=O) groups is 2. The van der Waals surface area contributed by atoms with Gasteiger partial charge in [0.15, 0.2) is 11.5 Å². The normalized spacial score (nSPS) is 14.4. The molecule has 0 saturated carbocycles. The average Bonchev–Trinajstić information content (AvgIpc) is 3.07. The van der Waals surface area contributed by atoms with Crippen LogP contribution in [0.2, 0.25) is 0 Å². The molecule has 1 saturated heterocycles. The fraction of sp³-hybridized carbons (Fsp3) is 0.250. The summed E-state index contributed by atoms with van der Waals surface area (Å²) in [5, 5.41) is 2.87. The second-order valence-electron chi connectivity index (χ2n) is 6.49. The summed E-state index contributed by atoms with van der Waals surface area (Å²) in [5.41, 5.74) is 2.70. The SMILES string of the molecule is Cc1nc2cc(C(=O)N3CCN(C(=O)Nc4ccccc4)CC3)ccc2o1. The smallest absolute Gasteiger partial charge is 0.321 e. The molecule has 3 aromatic rings. The van der Waals surface area contributed by atoms with Gasteiger partial charge < -0.3 is 19.5 Å². The maximum atomic E-state index is 12.8. The highest BCUT2D eigenvalue weighted by atomic mass is 16.3. The first kappa shape index (κ1) is 17.1. The molecule has 4 rings (SSSR count). The van der Waals surface area contributed by atoms with Gasteiger partial charge in [0, 0.05) is 44.4 Å². The highest BCUT2D eigenvalue weighted by Crippen LogP contribution is 2.18. The van der Waals surface area contributed by atoms with Crippen LogP contribution in [-0.2, 0) is 0 Å². The lowest BCUT2D eigenvalue weighted by molar-refractivity contribution is 0.0672. The number of piperazine rings is 1. The number of hydrogen-bond acceptors (Lipinski definition) is 4. The third-order valence-corrected chi connectivity index (χ3v) is 4.62. The Labute approximate surface area is 156 Å². The van der Waals surface area contributed by atoms with Crippen molar-refractivity contribution in [1.82, 2.24) is 14.8 Å². The van der Waals surface area contributed by atoms with Gasteiger partial charge in [-0.25, -0.2) is 9.78 Å². The maximum Gasteiger partial charge on any atom is 0.321 e. The van der Waals surface area contributed by atoms with E-state index in [9.17, 15) is 9.59 Å². The number of carbonyl (C=O) groups excluding carboxylic acids is 2. The summed E-state index contributed by atoms with van der Waals surface area (Å²) in [6, 6.07) is 14.5. The van der Waals surface area contributed by atoms with Crippen LogP contribution in [-0.4, -0.2) is 52.9 Å². The van der Waals surface area contributed by atoms with E-state index in [0.29, 0.717) is 48.7 Å². The van der Waals surface area contributed by atoms with Gasteiger partial charge in [0.05, 0.1) is 0 Å². The summed E-state index contributed by atoms with van der Waals surface area (Å²) in [7, 11) is 0. The fourth-order valence-corrected chi connectivity index (χ4v) is 3.19. The monoisotopic (exact) mass is 364 g/mol. The number of oxazole rings is 1. The highest BCUT2D eigenvalue weighted by Gasteiger charge is 2.25. The molecule has 1 N–H and O–H groups in total. The Bertz CT molecular complexity index is 975. The van der Waals surface area contributed by atoms with Crippen molar-refractivity contribution in [3.8, 4) is 0 Å². The van der Waals surface area contributed by atoms with Crippen molar-refractivity contribution in [2.75, 3.05) is 31.5 Å². The number of rotatable bonds is 2. The van der Waals surface area contributed by atoms with Crippen LogP contribution in [0.5, 0.6) is 0 Å². The van der Waals surface area contributed by atoms with Crippen molar-refractivity contribution >= 4 is 28.7 Å². The number of aryl methyl sites for hydroxylation is 1. The molecule has 1 fully saturated rings. The van der Waals surface area contributed by atoms with E-state index in [4.69, 9.17) is 4.42 Å². The van der Waals surface area contributed by atoms with Crippen LogP contribution in [0.15, 0.2) is 52.9 Å². The molecule has 1 aromatic heterocycles. The highest BCUT2D eigenvalue weighted by molar-refractivity contribution is 5.97. The van der Waals surface area contributed by atoms with Crippen LogP contribution in [0.25, 0.3) is 11.1 Å². The Kier molecular flexibility index (Phi) is 4.50. The Morgan fingerprint density at radius 1 is 1.00 bits per heavy atom. The van der Waals surface area contributed by atoms with E-state index in [1.807, 2.05) is 30.3 Å². The molecule has 1 aliphatic heterocycles. The summed E-state index contributed by atoms with van der Waals surface area (Å²) in [4.78, 5) is 32.9. The minimum absolute atomic E-state index is 0.0549. The molecule has 0 unspecified atom stereocenters. The summed E-state index contributed by atoms with van der Waals surface area (Å²) < 4.78 is 5.45. The third kappa shape index (κ3) is 3.62. The van der Waals surface area contributed by atoms with Gasteiger partial charge in [-0.3, -0.25) is 4.79 Å². The average molecular weight is 364 g/mol. The Hall–Kier alpha value is -3.35. The lowest BCUT2D eigenvalue weighted by Crippen LogP contribution is -2.51. The number of nitrogens with zero attached hydrogens (tertiary/aromatic N) is 3. The zero-order valence-corrected chi connectivity index (χ0v) is 15.0. The number of amides is 3. The van der Waals surface area contributed by atoms with Gasteiger partial charge >= 0.3 is 6.03 Å². The number of nitrogens with one attached hydrogen (secondary N) is 1. The van der Waals surface area contributed by atoms with Crippen LogP contribution in [0.4, 0.5) is 10.5 Å². The molecular weight excluding hydrogens is 344 g/mol. The van der Waals surface area contributed by atoms with Crippen LogP contribution >= 0.6 is 0 Å². The summed E-state index contributed by atoms with van der Waals surface area (Å²) in [5.74, 6) is 0.522. The predicted molar refractivity (Wildman–Crippen MR) is 102 cm³/mol. The molecule has 2 heterocycles. The van der Waals surface area contributed by atoms with E-state index in [2.05, 4.69) is 10.3 Å². The molecule has 138 valence electrons. The molecular formula is C20H20N4O3. The van der Waals surface area contributed by atoms with E-state index in [0.717, 1.165) is 5.69 Å². The van der Waals surface area contributed by atoms with E-state index < -0.39 is 0 Å². The number of benzene rings is 2. The Morgan fingerprint density at radius 2 is 1.70 bits per heavy atom. The van der Waals surface area contributed by atoms with Gasteiger partial charge in [-0.05, 0) is 30.3 Å². The first-order valence-corrected chi connectivity index (χ1v) is 8.87. The van der Waals surface area contributed by atoms with Crippen LogP contribution in [0.1, 0.15) is 16.2 Å². The summed E-state index contributed by atoms with van der Waals surface area (Å²) in [6.07, 6.45) is 0. The number of hydrogen-bond donors (Lipinski definition) is 1. The second kappa shape index (κ2) is 7.11. The fourth-order valence-electron chi connectivity index (χ4n) is 3.19. The second-order valence-corrected chi connectivity index (χ2v) is 6.49. The first-order chi connectivity index (χ1) is 13.1. The molecule has 7 nitrogen and oxygen atoms in total. The minimum atomic E-state index is -0.146. The molecule has 0 spiro atoms. The van der Waals surface area contributed by atoms with Crippen LogP contribution in [0, 0.1) is 6.92 Å². The molecule has 0 radical (unpaired) electrons. The number of para-hydroxylation sites is 1. The lowest BCUT2D eigenvalue weighted by atomic mass is 10.1. The van der Waals surface area contributed by atoms with Crippen molar-refractivity contribution in [3.63, 3.8) is 0 Å². The van der Waals surface area contributed by atoms with Gasteiger partial charge in [-0.15, -0.1) is 0 Å². The standard InChI is InChI=1S/C20H20N4O3/c1-14-21-17-13-15(7-8-18(17)27-14)19(25)23-9-11-24(12-10-23)20(26)22-16-5-3-2-4-6-16/h2-8,13H,9-12H2,1H3,(H,22,26). The zero-order valence-electron chi connectivity index (χ0n) is 15.0. The number of anilines is 1. The molecule has 1 aliphatic rings. The van der Waals surface area contributed by atoms with E-state index in [1.165, 1.54) is 0 Å². The van der Waals surface area contributed by atoms with Gasteiger partial charge in [0.1, 0.15) is 5.52 Å². The topological polar surface area (TPSA) is 78.7 Å². The van der Waals surface area contributed by atoms with Crippen molar-refractivity contribution in [2.24, 2.45) is 0 Å². The Morgan fingerprint density at radius 3 is 2.44 bits per heavy atom. The third-order valence-electron chi connectivity index (χ3n) is 4.62. The van der Waals surface area contributed by atoms with Crippen molar-refractivity contribution in [3.05, 3.63) is 60.0 Å². The van der Waals surface area contributed by atoms with E-state index in [-0.39, 0.29) is 11.9 Å². The minimum Gasteiger partial charge on any atom is -0.441 e. The van der Waals surface area contributed by atoms with Crippen molar-refractivity contribution in [1.29, 1.82) is 0 Å². The van der Waals surface area contributed by atoms with Crippen molar-refractivity contribution in [2.45, 2.75) is 6.92 Å². The van der Waals surface area contributed by atoms with E-state index >= 15 is 0 Å². The molecule has 27 heavy (non-hydrogen) atoms. The van der Waals surface area contributed by atoms with Gasteiger partial charge in [-0.1, -0.05) is 18.2 Å². The summed E-state index contributed by atoms with van der Waals surface area (Å²) >= 11 is 0. The van der Waals surface area contributed by atoms with Crippen LogP contribution in [0.3, 0.4) is 0 Å². The molecule has 3 amide bonds. The molecule has 0 bridgehead atoms. The quantitative estimate of drug-likeness (QED) is 0.758. The Balaban J connectivity index is 1.37. The van der Waals surface area contributed by atoms with Gasteiger partial charge in [0.2, 0.25) is 0 Å². The number of urea groups is 1. The molecule has 0 aliphatic carbocycles. The van der Waals surface area contributed by atoms with E-state index in [1.54, 1.807) is 34.9 Å². The maximum absolute atomic E-state index is 12.8. The lowest BCUT2D eigenvalue weighted by Gasteiger charge is -2.34. The number of aromatic nitrogens is 1. The molecule has 2 aromatic carbocycles. The molecule has 7 heteroatoms. The number of fused-ring (bicyclic) bond motifs is 1. The van der Waals surface area contributed by atoms with Gasteiger partial charge in [-0.2, -0.15) is 0 Å². The first-order valence-electron chi connectivity index (χ1n) is 8.87.